The minimum Gasteiger partial charge on any atom is -0.468 e. The summed E-state index contributed by atoms with van der Waals surface area (Å²) in [6.45, 7) is 2.15. The lowest BCUT2D eigenvalue weighted by Gasteiger charge is -2.26. The van der Waals surface area contributed by atoms with Crippen molar-refractivity contribution in [1.29, 1.82) is 0 Å². The van der Waals surface area contributed by atoms with Gasteiger partial charge < -0.3 is 10.5 Å². The predicted octanol–water partition coefficient (Wildman–Crippen LogP) is 1.46. The van der Waals surface area contributed by atoms with Crippen molar-refractivity contribution < 1.29 is 9.53 Å². The summed E-state index contributed by atoms with van der Waals surface area (Å²) in [6, 6.07) is 0. The van der Waals surface area contributed by atoms with Gasteiger partial charge in [-0.05, 0) is 18.8 Å². The van der Waals surface area contributed by atoms with E-state index in [1.165, 1.54) is 20.0 Å². The molecule has 0 saturated heterocycles. The van der Waals surface area contributed by atoms with Gasteiger partial charge in [0.1, 0.15) is 5.54 Å². The van der Waals surface area contributed by atoms with Gasteiger partial charge in [0.05, 0.1) is 7.11 Å². The molecule has 13 heavy (non-hydrogen) atoms. The van der Waals surface area contributed by atoms with E-state index in [9.17, 15) is 4.79 Å². The molecule has 1 aliphatic rings. The van der Waals surface area contributed by atoms with Crippen LogP contribution in [0.3, 0.4) is 0 Å². The van der Waals surface area contributed by atoms with Crippen molar-refractivity contribution in [1.82, 2.24) is 0 Å². The van der Waals surface area contributed by atoms with E-state index in [1.54, 1.807) is 0 Å². The molecule has 0 heterocycles. The zero-order chi connectivity index (χ0) is 9.90. The van der Waals surface area contributed by atoms with Crippen molar-refractivity contribution in [3.63, 3.8) is 0 Å². The maximum Gasteiger partial charge on any atom is 0.325 e. The fourth-order valence-corrected chi connectivity index (χ4v) is 2.15. The second kappa shape index (κ2) is 4.09. The van der Waals surface area contributed by atoms with E-state index in [1.807, 2.05) is 0 Å². The molecule has 0 aliphatic heterocycles. The van der Waals surface area contributed by atoms with Crippen LogP contribution in [0.2, 0.25) is 0 Å². The van der Waals surface area contributed by atoms with E-state index in [0.29, 0.717) is 5.92 Å². The second-order valence-electron chi connectivity index (χ2n) is 4.20. The molecule has 3 heteroatoms. The molecule has 1 saturated carbocycles. The molecule has 0 aromatic rings. The molecule has 76 valence electrons. The summed E-state index contributed by atoms with van der Waals surface area (Å²) in [5.41, 5.74) is 5.31. The molecule has 0 amide bonds. The molecule has 2 atom stereocenters. The quantitative estimate of drug-likeness (QED) is 0.497. The second-order valence-corrected chi connectivity index (χ2v) is 4.20. The van der Waals surface area contributed by atoms with E-state index in [-0.39, 0.29) is 5.97 Å². The van der Waals surface area contributed by atoms with Crippen molar-refractivity contribution in [2.75, 3.05) is 7.11 Å². The Balaban J connectivity index is 2.68. The summed E-state index contributed by atoms with van der Waals surface area (Å²) >= 11 is 0. The largest absolute Gasteiger partial charge is 0.468 e. The topological polar surface area (TPSA) is 52.3 Å². The summed E-state index contributed by atoms with van der Waals surface area (Å²) in [5.74, 6) is 0.285. The third kappa shape index (κ3) is 2.44. The van der Waals surface area contributed by atoms with Gasteiger partial charge in [-0.15, -0.1) is 0 Å². The Morgan fingerprint density at radius 2 is 2.23 bits per heavy atom. The molecule has 0 bridgehead atoms. The van der Waals surface area contributed by atoms with E-state index < -0.39 is 5.54 Å². The summed E-state index contributed by atoms with van der Waals surface area (Å²) in [6.07, 6.45) is 4.92. The number of esters is 1. The lowest BCUT2D eigenvalue weighted by Crippen LogP contribution is -2.49. The third-order valence-electron chi connectivity index (χ3n) is 2.87. The normalized spacial score (nSPS) is 35.2. The van der Waals surface area contributed by atoms with Crippen LogP contribution in [0.4, 0.5) is 0 Å². The first-order chi connectivity index (χ1) is 6.08. The SMILES string of the molecule is COC(=O)[C@@]1(N)CCCCC(C)C1. The van der Waals surface area contributed by atoms with Gasteiger partial charge in [0, 0.05) is 0 Å². The molecule has 1 rings (SSSR count). The highest BCUT2D eigenvalue weighted by Gasteiger charge is 2.37. The highest BCUT2D eigenvalue weighted by molar-refractivity contribution is 5.80. The molecule has 0 radical (unpaired) electrons. The van der Waals surface area contributed by atoms with Crippen LogP contribution in [0.5, 0.6) is 0 Å². The van der Waals surface area contributed by atoms with Crippen LogP contribution in [-0.2, 0) is 9.53 Å². The Morgan fingerprint density at radius 3 is 2.85 bits per heavy atom. The van der Waals surface area contributed by atoms with Gasteiger partial charge in [-0.25, -0.2) is 0 Å². The maximum absolute atomic E-state index is 11.4. The minimum atomic E-state index is -0.718. The van der Waals surface area contributed by atoms with E-state index in [0.717, 1.165) is 19.3 Å². The van der Waals surface area contributed by atoms with Crippen LogP contribution >= 0.6 is 0 Å². The fourth-order valence-electron chi connectivity index (χ4n) is 2.15. The minimum absolute atomic E-state index is 0.249. The van der Waals surface area contributed by atoms with Crippen molar-refractivity contribution in [3.8, 4) is 0 Å². The molecule has 1 aliphatic carbocycles. The zero-order valence-corrected chi connectivity index (χ0v) is 8.51. The van der Waals surface area contributed by atoms with E-state index in [4.69, 9.17) is 10.5 Å². The number of nitrogens with two attached hydrogens (primary N) is 1. The maximum atomic E-state index is 11.4. The summed E-state index contributed by atoms with van der Waals surface area (Å²) in [5, 5.41) is 0. The lowest BCUT2D eigenvalue weighted by atomic mass is 9.87. The average Bonchev–Trinajstić information content (AvgIpc) is 2.26. The summed E-state index contributed by atoms with van der Waals surface area (Å²) in [4.78, 5) is 11.4. The molecular formula is C10H19NO2. The number of hydrogen-bond acceptors (Lipinski definition) is 3. The first-order valence-corrected chi connectivity index (χ1v) is 4.96. The Hall–Kier alpha value is -0.570. The van der Waals surface area contributed by atoms with Crippen molar-refractivity contribution in [2.45, 2.75) is 44.6 Å². The summed E-state index contributed by atoms with van der Waals surface area (Å²) < 4.78 is 4.73. The van der Waals surface area contributed by atoms with Gasteiger partial charge >= 0.3 is 5.97 Å². The zero-order valence-electron chi connectivity index (χ0n) is 8.51. The Bertz CT molecular complexity index is 193. The van der Waals surface area contributed by atoms with E-state index in [2.05, 4.69) is 6.92 Å². The van der Waals surface area contributed by atoms with Crippen molar-refractivity contribution >= 4 is 5.97 Å². The van der Waals surface area contributed by atoms with Crippen LogP contribution in [0, 0.1) is 5.92 Å². The van der Waals surface area contributed by atoms with Gasteiger partial charge in [0.15, 0.2) is 0 Å². The van der Waals surface area contributed by atoms with Crippen LogP contribution in [0.1, 0.15) is 39.0 Å². The monoisotopic (exact) mass is 185 g/mol. The number of ether oxygens (including phenoxy) is 1. The van der Waals surface area contributed by atoms with Crippen molar-refractivity contribution in [2.24, 2.45) is 11.7 Å². The van der Waals surface area contributed by atoms with Gasteiger partial charge in [-0.2, -0.15) is 0 Å². The summed E-state index contributed by atoms with van der Waals surface area (Å²) in [7, 11) is 1.41. The first-order valence-electron chi connectivity index (χ1n) is 4.96. The van der Waals surface area contributed by atoms with Crippen molar-refractivity contribution in [3.05, 3.63) is 0 Å². The van der Waals surface area contributed by atoms with Gasteiger partial charge in [-0.1, -0.05) is 26.2 Å². The predicted molar refractivity (Wildman–Crippen MR) is 51.2 cm³/mol. The number of methoxy groups -OCH3 is 1. The Kier molecular flexibility index (Phi) is 3.31. The highest BCUT2D eigenvalue weighted by Crippen LogP contribution is 2.29. The molecule has 1 fully saturated rings. The third-order valence-corrected chi connectivity index (χ3v) is 2.87. The number of carbonyl (C=O) groups excluding carboxylic acids is 1. The molecular weight excluding hydrogens is 166 g/mol. The van der Waals surface area contributed by atoms with Gasteiger partial charge in [-0.3, -0.25) is 4.79 Å². The standard InChI is InChI=1S/C10H19NO2/c1-8-5-3-4-6-10(11,7-8)9(12)13-2/h8H,3-7,11H2,1-2H3/t8?,10-/m1/s1. The molecule has 0 spiro atoms. The van der Waals surface area contributed by atoms with Crippen LogP contribution in [0.25, 0.3) is 0 Å². The fraction of sp³-hybridized carbons (Fsp3) is 0.900. The molecule has 0 aromatic heterocycles. The number of carbonyl (C=O) groups is 1. The number of hydrogen-bond donors (Lipinski definition) is 1. The highest BCUT2D eigenvalue weighted by atomic mass is 16.5. The lowest BCUT2D eigenvalue weighted by molar-refractivity contribution is -0.147. The molecule has 0 aromatic carbocycles. The van der Waals surface area contributed by atoms with Gasteiger partial charge in [0.25, 0.3) is 0 Å². The van der Waals surface area contributed by atoms with E-state index >= 15 is 0 Å². The first kappa shape index (κ1) is 10.5. The average molecular weight is 185 g/mol. The van der Waals surface area contributed by atoms with Crippen LogP contribution in [0.15, 0.2) is 0 Å². The Labute approximate surface area is 79.6 Å². The van der Waals surface area contributed by atoms with Crippen LogP contribution < -0.4 is 5.73 Å². The smallest absolute Gasteiger partial charge is 0.325 e. The van der Waals surface area contributed by atoms with Gasteiger partial charge in [0.2, 0.25) is 0 Å². The molecule has 1 unspecified atom stereocenters. The van der Waals surface area contributed by atoms with Crippen LogP contribution in [-0.4, -0.2) is 18.6 Å². The molecule has 3 nitrogen and oxygen atoms in total. The Morgan fingerprint density at radius 1 is 1.54 bits per heavy atom. The molecule has 2 N–H and O–H groups in total. The number of rotatable bonds is 1.